The molecule has 2 aromatic carbocycles. The van der Waals surface area contributed by atoms with Gasteiger partial charge in [0.15, 0.2) is 11.5 Å². The zero-order chi connectivity index (χ0) is 22.5. The van der Waals surface area contributed by atoms with Gasteiger partial charge in [-0.15, -0.1) is 0 Å². The number of carbonyl (C=O) groups is 1. The van der Waals surface area contributed by atoms with Crippen molar-refractivity contribution < 1.29 is 23.4 Å². The Morgan fingerprint density at radius 3 is 2.72 bits per heavy atom. The molecule has 7 heteroatoms. The molecule has 7 nitrogen and oxygen atoms in total. The third-order valence-corrected chi connectivity index (χ3v) is 5.06. The quantitative estimate of drug-likeness (QED) is 0.489. The van der Waals surface area contributed by atoms with Gasteiger partial charge in [-0.2, -0.15) is 0 Å². The molecule has 32 heavy (non-hydrogen) atoms. The minimum absolute atomic E-state index is 0.0234. The number of rotatable bonds is 10. The summed E-state index contributed by atoms with van der Waals surface area (Å²) in [6.07, 6.45) is 3.95. The van der Waals surface area contributed by atoms with Crippen molar-refractivity contribution in [2.45, 2.75) is 39.3 Å². The van der Waals surface area contributed by atoms with Crippen LogP contribution in [0.5, 0.6) is 17.2 Å². The highest BCUT2D eigenvalue weighted by molar-refractivity contribution is 5.96. The lowest BCUT2D eigenvalue weighted by Gasteiger charge is -2.13. The molecule has 3 aromatic rings. The van der Waals surface area contributed by atoms with Gasteiger partial charge in [0.2, 0.25) is 5.89 Å². The van der Waals surface area contributed by atoms with E-state index < -0.39 is 0 Å². The Labute approximate surface area is 187 Å². The fourth-order valence-corrected chi connectivity index (χ4v) is 3.21. The Kier molecular flexibility index (Phi) is 6.63. The van der Waals surface area contributed by atoms with Crippen LogP contribution in [-0.4, -0.2) is 30.7 Å². The van der Waals surface area contributed by atoms with Crippen LogP contribution >= 0.6 is 0 Å². The van der Waals surface area contributed by atoms with Crippen molar-refractivity contribution in [1.29, 1.82) is 0 Å². The van der Waals surface area contributed by atoms with Gasteiger partial charge in [-0.1, -0.05) is 12.1 Å². The second-order valence-electron chi connectivity index (χ2n) is 8.11. The first-order valence-corrected chi connectivity index (χ1v) is 10.8. The summed E-state index contributed by atoms with van der Waals surface area (Å²) in [6, 6.07) is 12.8. The number of benzene rings is 2. The average molecular weight is 437 g/mol. The number of para-hydroxylation sites is 1. The van der Waals surface area contributed by atoms with Crippen LogP contribution in [0.2, 0.25) is 0 Å². The second kappa shape index (κ2) is 9.77. The van der Waals surface area contributed by atoms with Crippen LogP contribution in [0.15, 0.2) is 53.1 Å². The fourth-order valence-electron chi connectivity index (χ4n) is 3.21. The van der Waals surface area contributed by atoms with Crippen molar-refractivity contribution >= 4 is 5.91 Å². The number of ether oxygens (including phenoxy) is 3. The molecule has 1 aliphatic rings. The van der Waals surface area contributed by atoms with Gasteiger partial charge in [-0.05, 0) is 62.9 Å². The monoisotopic (exact) mass is 436 g/mol. The third-order valence-electron chi connectivity index (χ3n) is 5.06. The largest absolute Gasteiger partial charge is 0.493 e. The van der Waals surface area contributed by atoms with Crippen LogP contribution in [0, 0.1) is 5.92 Å². The van der Waals surface area contributed by atoms with E-state index in [1.54, 1.807) is 25.5 Å². The highest BCUT2D eigenvalue weighted by Crippen LogP contribution is 2.35. The fraction of sp³-hybridized carbons (Fsp3) is 0.360. The summed E-state index contributed by atoms with van der Waals surface area (Å²) in [5.74, 6) is 2.76. The second-order valence-corrected chi connectivity index (χ2v) is 8.11. The van der Waals surface area contributed by atoms with E-state index in [-0.39, 0.29) is 18.6 Å². The van der Waals surface area contributed by atoms with E-state index in [0.29, 0.717) is 46.9 Å². The molecule has 0 saturated heterocycles. The summed E-state index contributed by atoms with van der Waals surface area (Å²) in [7, 11) is 1.62. The van der Waals surface area contributed by atoms with E-state index in [9.17, 15) is 4.79 Å². The lowest BCUT2D eigenvalue weighted by molar-refractivity contribution is 0.0944. The Hall–Kier alpha value is -3.48. The van der Waals surface area contributed by atoms with E-state index in [1.807, 2.05) is 44.2 Å². The van der Waals surface area contributed by atoms with E-state index in [0.717, 1.165) is 5.56 Å². The number of nitrogens with one attached hydrogen (secondary N) is 1. The van der Waals surface area contributed by atoms with Gasteiger partial charge in [0.25, 0.3) is 5.91 Å². The summed E-state index contributed by atoms with van der Waals surface area (Å²) < 4.78 is 22.7. The molecule has 1 aromatic heterocycles. The molecule has 1 N–H and O–H groups in total. The lowest BCUT2D eigenvalue weighted by Crippen LogP contribution is -2.24. The molecule has 1 amide bonds. The molecule has 0 atom stereocenters. The molecule has 0 aliphatic heterocycles. The molecule has 1 saturated carbocycles. The zero-order valence-corrected chi connectivity index (χ0v) is 18.6. The summed E-state index contributed by atoms with van der Waals surface area (Å²) >= 11 is 0. The number of nitrogens with zero attached hydrogens (tertiary/aromatic N) is 1. The first-order chi connectivity index (χ1) is 15.5. The molecular formula is C25H28N2O5. The van der Waals surface area contributed by atoms with E-state index in [2.05, 4.69) is 10.3 Å². The summed E-state index contributed by atoms with van der Waals surface area (Å²) in [6.45, 7) is 4.77. The summed E-state index contributed by atoms with van der Waals surface area (Å²) in [5.41, 5.74) is 1.88. The van der Waals surface area contributed by atoms with Crippen molar-refractivity contribution in [1.82, 2.24) is 10.3 Å². The number of hydrogen-bond acceptors (Lipinski definition) is 6. The van der Waals surface area contributed by atoms with Crippen LogP contribution in [0.25, 0.3) is 11.5 Å². The van der Waals surface area contributed by atoms with Crippen LogP contribution in [-0.2, 0) is 6.54 Å². The van der Waals surface area contributed by atoms with Crippen LogP contribution < -0.4 is 19.5 Å². The first-order valence-electron chi connectivity index (χ1n) is 10.8. The SMILES string of the molecule is COc1ccc(-c2nc(CNC(=O)c3ccccc3OC(C)C)co2)cc1OCC1CC1. The minimum atomic E-state index is -0.231. The van der Waals surface area contributed by atoms with Crippen LogP contribution in [0.1, 0.15) is 42.7 Å². The molecule has 1 fully saturated rings. The van der Waals surface area contributed by atoms with Gasteiger partial charge in [-0.3, -0.25) is 4.79 Å². The molecule has 0 spiro atoms. The van der Waals surface area contributed by atoms with Crippen molar-refractivity contribution in [3.05, 3.63) is 60.0 Å². The standard InChI is InChI=1S/C25H28N2O5/c1-16(2)32-21-7-5-4-6-20(21)24(28)26-13-19-15-31-25(27-19)18-10-11-22(29-3)23(12-18)30-14-17-8-9-17/h4-7,10-12,15-17H,8-9,13-14H2,1-3H3,(H,26,28). The topological polar surface area (TPSA) is 82.8 Å². The maximum atomic E-state index is 12.7. The van der Waals surface area contributed by atoms with Gasteiger partial charge in [0, 0.05) is 5.56 Å². The Morgan fingerprint density at radius 2 is 1.97 bits per heavy atom. The molecule has 1 aliphatic carbocycles. The Morgan fingerprint density at radius 1 is 1.16 bits per heavy atom. The smallest absolute Gasteiger partial charge is 0.255 e. The number of oxazole rings is 1. The number of hydrogen-bond donors (Lipinski definition) is 1. The van der Waals surface area contributed by atoms with Gasteiger partial charge >= 0.3 is 0 Å². The van der Waals surface area contributed by atoms with Crippen LogP contribution in [0.3, 0.4) is 0 Å². The predicted molar refractivity (Wildman–Crippen MR) is 120 cm³/mol. The highest BCUT2D eigenvalue weighted by atomic mass is 16.5. The lowest BCUT2D eigenvalue weighted by atomic mass is 10.2. The van der Waals surface area contributed by atoms with Gasteiger partial charge in [0.05, 0.1) is 37.6 Å². The maximum absolute atomic E-state index is 12.7. The zero-order valence-electron chi connectivity index (χ0n) is 18.6. The number of amides is 1. The molecular weight excluding hydrogens is 408 g/mol. The molecule has 1 heterocycles. The third kappa shape index (κ3) is 5.41. The van der Waals surface area contributed by atoms with E-state index in [4.69, 9.17) is 18.6 Å². The Balaban J connectivity index is 1.42. The molecule has 0 radical (unpaired) electrons. The molecule has 0 unspecified atom stereocenters. The highest BCUT2D eigenvalue weighted by Gasteiger charge is 2.23. The summed E-state index contributed by atoms with van der Waals surface area (Å²) in [4.78, 5) is 17.2. The molecule has 4 rings (SSSR count). The van der Waals surface area contributed by atoms with E-state index in [1.165, 1.54) is 12.8 Å². The van der Waals surface area contributed by atoms with Gasteiger partial charge in [-0.25, -0.2) is 4.98 Å². The van der Waals surface area contributed by atoms with Crippen molar-refractivity contribution in [3.63, 3.8) is 0 Å². The maximum Gasteiger partial charge on any atom is 0.255 e. The number of carbonyl (C=O) groups excluding carboxylic acids is 1. The summed E-state index contributed by atoms with van der Waals surface area (Å²) in [5, 5.41) is 2.88. The van der Waals surface area contributed by atoms with Crippen molar-refractivity contribution in [2.24, 2.45) is 5.92 Å². The average Bonchev–Trinajstić information content (AvgIpc) is 3.51. The van der Waals surface area contributed by atoms with Gasteiger partial charge < -0.3 is 23.9 Å². The van der Waals surface area contributed by atoms with Crippen molar-refractivity contribution in [3.8, 4) is 28.7 Å². The number of methoxy groups -OCH3 is 1. The molecule has 168 valence electrons. The Bertz CT molecular complexity index is 1070. The minimum Gasteiger partial charge on any atom is -0.493 e. The van der Waals surface area contributed by atoms with Crippen molar-refractivity contribution in [2.75, 3.05) is 13.7 Å². The number of aromatic nitrogens is 1. The normalized spacial score (nSPS) is 13.1. The van der Waals surface area contributed by atoms with Gasteiger partial charge in [0.1, 0.15) is 12.0 Å². The molecule has 0 bridgehead atoms. The van der Waals surface area contributed by atoms with Crippen LogP contribution in [0.4, 0.5) is 0 Å². The van der Waals surface area contributed by atoms with E-state index >= 15 is 0 Å². The first kappa shape index (κ1) is 21.7. The predicted octanol–water partition coefficient (Wildman–Crippen LogP) is 4.86.